The van der Waals surface area contributed by atoms with Gasteiger partial charge < -0.3 is 28.9 Å². The molecule has 5 heterocycles. The molecule has 0 amide bonds. The highest BCUT2D eigenvalue weighted by Gasteiger charge is 2.30. The molecule has 2 saturated heterocycles. The number of ether oxygens (including phenoxy) is 1. The lowest BCUT2D eigenvalue weighted by Crippen LogP contribution is -2.57. The van der Waals surface area contributed by atoms with Crippen LogP contribution in [0.25, 0.3) is 16.6 Å². The zero-order valence-corrected chi connectivity index (χ0v) is 27.6. The molecule has 45 heavy (non-hydrogen) atoms. The summed E-state index contributed by atoms with van der Waals surface area (Å²) in [6, 6.07) is 11.7. The van der Waals surface area contributed by atoms with Crippen LogP contribution in [0.1, 0.15) is 30.1 Å². The van der Waals surface area contributed by atoms with Crippen molar-refractivity contribution in [2.24, 2.45) is 0 Å². The second-order valence-corrected chi connectivity index (χ2v) is 13.0. The Morgan fingerprint density at radius 1 is 1.07 bits per heavy atom. The predicted octanol–water partition coefficient (Wildman–Crippen LogP) is 5.15. The Bertz CT molecular complexity index is 1800. The van der Waals surface area contributed by atoms with Gasteiger partial charge in [0.05, 0.1) is 39.7 Å². The number of Topliss-reactive ketones (excluding diaryl/α,β-unsaturated/α-hetero) is 1. The van der Waals surface area contributed by atoms with Crippen LogP contribution in [0, 0.1) is 0 Å². The number of fused-ring (bicyclic) bond motifs is 1. The smallest absolute Gasteiger partial charge is 0.234 e. The Hall–Kier alpha value is -3.86. The first-order chi connectivity index (χ1) is 21.5. The molecule has 0 unspecified atom stereocenters. The molecule has 0 spiro atoms. The van der Waals surface area contributed by atoms with Gasteiger partial charge in [0.2, 0.25) is 5.88 Å². The van der Waals surface area contributed by atoms with Crippen molar-refractivity contribution in [1.82, 2.24) is 19.4 Å². The van der Waals surface area contributed by atoms with Gasteiger partial charge in [-0.25, -0.2) is 4.98 Å². The summed E-state index contributed by atoms with van der Waals surface area (Å²) < 4.78 is 8.01. The summed E-state index contributed by atoms with van der Waals surface area (Å²) in [6.07, 6.45) is 5.24. The molecule has 0 N–H and O–H groups in total. The molecule has 3 aromatic heterocycles. The van der Waals surface area contributed by atoms with E-state index in [0.717, 1.165) is 55.5 Å². The minimum absolute atomic E-state index is 0.0148. The SMILES string of the molecule is CC(=O)c1cn(-c2ccc(N3CC(N(C)C)C3)nc2)c2cc(N3CCC[C@@H]3COc3nc(N(C)C)ccc3Cl)c(Cl)cc2c1=O. The lowest BCUT2D eigenvalue weighted by Gasteiger charge is -2.43. The molecule has 1 atom stereocenters. The Balaban J connectivity index is 1.34. The largest absolute Gasteiger partial charge is 0.474 e. The van der Waals surface area contributed by atoms with Gasteiger partial charge in [-0.05, 0) is 70.3 Å². The zero-order valence-electron chi connectivity index (χ0n) is 26.1. The number of ketones is 1. The van der Waals surface area contributed by atoms with Gasteiger partial charge in [0.1, 0.15) is 23.3 Å². The summed E-state index contributed by atoms with van der Waals surface area (Å²) >= 11 is 13.3. The third kappa shape index (κ3) is 6.06. The highest BCUT2D eigenvalue weighted by molar-refractivity contribution is 6.34. The van der Waals surface area contributed by atoms with Crippen LogP contribution in [0.3, 0.4) is 0 Å². The van der Waals surface area contributed by atoms with Gasteiger partial charge in [-0.3, -0.25) is 9.59 Å². The van der Waals surface area contributed by atoms with Crippen LogP contribution in [-0.4, -0.2) is 91.7 Å². The number of anilines is 3. The number of aromatic nitrogens is 3. The van der Waals surface area contributed by atoms with E-state index in [4.69, 9.17) is 32.9 Å². The van der Waals surface area contributed by atoms with Gasteiger partial charge in [0, 0.05) is 51.4 Å². The number of carbonyl (C=O) groups is 1. The number of halogens is 2. The van der Waals surface area contributed by atoms with E-state index in [-0.39, 0.29) is 22.8 Å². The number of hydrogen-bond donors (Lipinski definition) is 0. The van der Waals surface area contributed by atoms with Gasteiger partial charge in [-0.15, -0.1) is 0 Å². The lowest BCUT2D eigenvalue weighted by atomic mass is 10.1. The second-order valence-electron chi connectivity index (χ2n) is 12.2. The maximum atomic E-state index is 13.5. The third-order valence-electron chi connectivity index (χ3n) is 8.73. The molecule has 1 aromatic carbocycles. The third-order valence-corrected chi connectivity index (χ3v) is 9.33. The highest BCUT2D eigenvalue weighted by atomic mass is 35.5. The molecule has 10 nitrogen and oxygen atoms in total. The van der Waals surface area contributed by atoms with Gasteiger partial charge in [0.15, 0.2) is 11.2 Å². The van der Waals surface area contributed by atoms with Crippen molar-refractivity contribution in [2.45, 2.75) is 31.8 Å². The predicted molar refractivity (Wildman–Crippen MR) is 181 cm³/mol. The molecule has 2 aliphatic rings. The van der Waals surface area contributed by atoms with Crippen LogP contribution in [0.5, 0.6) is 5.88 Å². The molecular weight excluding hydrogens is 613 g/mol. The molecule has 236 valence electrons. The number of likely N-dealkylation sites (N-methyl/N-ethyl adjacent to an activating group) is 1. The van der Waals surface area contributed by atoms with Crippen molar-refractivity contribution >= 4 is 57.2 Å². The van der Waals surface area contributed by atoms with E-state index in [1.807, 2.05) is 47.8 Å². The molecule has 4 aromatic rings. The van der Waals surface area contributed by atoms with E-state index in [2.05, 4.69) is 33.8 Å². The molecule has 0 bridgehead atoms. The summed E-state index contributed by atoms with van der Waals surface area (Å²) in [5.41, 5.74) is 1.94. The fourth-order valence-electron chi connectivity index (χ4n) is 5.96. The quantitative estimate of drug-likeness (QED) is 0.228. The van der Waals surface area contributed by atoms with Crippen molar-refractivity contribution in [3.8, 4) is 11.6 Å². The number of carbonyl (C=O) groups excluding carboxylic acids is 1. The van der Waals surface area contributed by atoms with E-state index in [1.165, 1.54) is 6.92 Å². The average Bonchev–Trinajstić information content (AvgIpc) is 3.44. The van der Waals surface area contributed by atoms with Crippen LogP contribution in [0.2, 0.25) is 10.0 Å². The average molecular weight is 651 g/mol. The molecule has 2 aliphatic heterocycles. The fourth-order valence-corrected chi connectivity index (χ4v) is 6.39. The Labute approximate surface area is 272 Å². The standard InChI is InChI=1S/C33H37Cl2N7O3/c1-20(43)25-18-42(21-8-10-30(36-15-21)40-16-23(17-40)38(2)3)28-14-29(27(35)13-24(28)32(25)44)41-12-6-7-22(41)19-45-33-26(34)9-11-31(37-33)39(4)5/h8-11,13-15,18,22-23H,6-7,12,16-17,19H2,1-5H3/t22-/m1/s1. The van der Waals surface area contributed by atoms with Crippen LogP contribution in [0.4, 0.5) is 17.3 Å². The second kappa shape index (κ2) is 12.5. The molecule has 6 rings (SSSR count). The first-order valence-corrected chi connectivity index (χ1v) is 15.8. The Kier molecular flexibility index (Phi) is 8.65. The van der Waals surface area contributed by atoms with E-state index in [0.29, 0.717) is 39.5 Å². The maximum absolute atomic E-state index is 13.5. The molecule has 12 heteroatoms. The Morgan fingerprint density at radius 3 is 2.51 bits per heavy atom. The van der Waals surface area contributed by atoms with Crippen LogP contribution in [-0.2, 0) is 0 Å². The van der Waals surface area contributed by atoms with Crippen molar-refractivity contribution in [2.75, 3.05) is 69.1 Å². The van der Waals surface area contributed by atoms with Crippen LogP contribution in [0.15, 0.2) is 53.6 Å². The molecule has 2 fully saturated rings. The van der Waals surface area contributed by atoms with Gasteiger partial charge in [0.25, 0.3) is 0 Å². The van der Waals surface area contributed by atoms with Crippen molar-refractivity contribution in [3.63, 3.8) is 0 Å². The van der Waals surface area contributed by atoms with E-state index in [9.17, 15) is 9.59 Å². The molecule has 0 aliphatic carbocycles. The highest BCUT2D eigenvalue weighted by Crippen LogP contribution is 2.36. The monoisotopic (exact) mass is 649 g/mol. The molecular formula is C33H37Cl2N7O3. The van der Waals surface area contributed by atoms with Crippen molar-refractivity contribution in [1.29, 1.82) is 0 Å². The Morgan fingerprint density at radius 2 is 1.84 bits per heavy atom. The number of hydrogen-bond acceptors (Lipinski definition) is 9. The summed E-state index contributed by atoms with van der Waals surface area (Å²) in [4.78, 5) is 43.8. The van der Waals surface area contributed by atoms with Crippen molar-refractivity contribution in [3.05, 3.63) is 74.6 Å². The van der Waals surface area contributed by atoms with E-state index < -0.39 is 0 Å². The minimum atomic E-state index is -0.343. The summed E-state index contributed by atoms with van der Waals surface area (Å²) in [5, 5.41) is 1.26. The normalized spacial score (nSPS) is 16.8. The van der Waals surface area contributed by atoms with E-state index in [1.54, 1.807) is 24.5 Å². The number of pyridine rings is 3. The lowest BCUT2D eigenvalue weighted by molar-refractivity contribution is 0.101. The summed E-state index contributed by atoms with van der Waals surface area (Å²) in [7, 11) is 8.00. The summed E-state index contributed by atoms with van der Waals surface area (Å²) in [5.74, 6) is 1.72. The number of nitrogens with zero attached hydrogens (tertiary/aromatic N) is 7. The first kappa shape index (κ1) is 31.1. The number of rotatable bonds is 9. The van der Waals surface area contributed by atoms with Gasteiger partial charge in [-0.2, -0.15) is 4.98 Å². The summed E-state index contributed by atoms with van der Waals surface area (Å²) in [6.45, 7) is 4.37. The first-order valence-electron chi connectivity index (χ1n) is 15.0. The van der Waals surface area contributed by atoms with Crippen molar-refractivity contribution < 1.29 is 9.53 Å². The zero-order chi connectivity index (χ0) is 32.0. The van der Waals surface area contributed by atoms with E-state index >= 15 is 0 Å². The van der Waals surface area contributed by atoms with Gasteiger partial charge >= 0.3 is 0 Å². The minimum Gasteiger partial charge on any atom is -0.474 e. The van der Waals surface area contributed by atoms with Crippen LogP contribution < -0.4 is 24.9 Å². The van der Waals surface area contributed by atoms with Gasteiger partial charge in [-0.1, -0.05) is 23.2 Å². The maximum Gasteiger partial charge on any atom is 0.234 e. The molecule has 0 saturated carbocycles. The number of benzene rings is 1. The van der Waals surface area contributed by atoms with Crippen LogP contribution >= 0.6 is 23.2 Å². The topological polar surface area (TPSA) is 87.0 Å². The fraction of sp³-hybridized carbons (Fsp3) is 0.394. The molecule has 0 radical (unpaired) electrons.